The lowest BCUT2D eigenvalue weighted by atomic mass is 10.2. The van der Waals surface area contributed by atoms with Gasteiger partial charge in [-0.3, -0.25) is 0 Å². The molecule has 0 spiro atoms. The maximum Gasteiger partial charge on any atom is 0.180 e. The summed E-state index contributed by atoms with van der Waals surface area (Å²) in [5.41, 5.74) is 1.91. The van der Waals surface area contributed by atoms with Crippen LogP contribution in [0.5, 0.6) is 11.5 Å². The highest BCUT2D eigenvalue weighted by Gasteiger charge is 2.13. The fourth-order valence-electron chi connectivity index (χ4n) is 2.10. The average molecular weight is 389 g/mol. The van der Waals surface area contributed by atoms with Gasteiger partial charge in [0, 0.05) is 23.7 Å². The Balaban J connectivity index is 0.00000288. The quantitative estimate of drug-likeness (QED) is 0.493. The maximum absolute atomic E-state index is 6.35. The summed E-state index contributed by atoms with van der Waals surface area (Å²) < 4.78 is 11.2. The smallest absolute Gasteiger partial charge is 0.180 e. The first kappa shape index (κ1) is 20.7. The van der Waals surface area contributed by atoms with E-state index in [0.29, 0.717) is 34.7 Å². The maximum atomic E-state index is 6.35. The Morgan fingerprint density at radius 2 is 1.92 bits per heavy atom. The minimum absolute atomic E-state index is 0. The van der Waals surface area contributed by atoms with Crippen LogP contribution in [-0.2, 0) is 13.2 Å². The minimum atomic E-state index is 0. The molecule has 0 saturated heterocycles. The molecule has 0 atom stereocenters. The third-order valence-corrected chi connectivity index (χ3v) is 3.89. The molecule has 3 nitrogen and oxygen atoms in total. The average Bonchev–Trinajstić information content (AvgIpc) is 2.55. The van der Waals surface area contributed by atoms with Crippen LogP contribution in [0.2, 0.25) is 10.0 Å². The second kappa shape index (κ2) is 10.5. The molecular weight excluding hydrogens is 369 g/mol. The molecule has 0 aliphatic heterocycles. The van der Waals surface area contributed by atoms with E-state index in [9.17, 15) is 0 Å². The summed E-state index contributed by atoms with van der Waals surface area (Å²) in [6, 6.07) is 11.3. The second-order valence-electron chi connectivity index (χ2n) is 4.91. The van der Waals surface area contributed by atoms with Crippen molar-refractivity contribution in [3.05, 3.63) is 70.2 Å². The summed E-state index contributed by atoms with van der Waals surface area (Å²) in [4.78, 5) is 0. The Morgan fingerprint density at radius 1 is 1.17 bits per heavy atom. The van der Waals surface area contributed by atoms with Gasteiger partial charge in [0.05, 0.1) is 12.1 Å². The summed E-state index contributed by atoms with van der Waals surface area (Å²) in [5, 5.41) is 4.39. The van der Waals surface area contributed by atoms with Gasteiger partial charge in [-0.05, 0) is 23.8 Å². The highest BCUT2D eigenvalue weighted by Crippen LogP contribution is 2.37. The van der Waals surface area contributed by atoms with Crippen molar-refractivity contribution in [2.45, 2.75) is 13.2 Å². The van der Waals surface area contributed by atoms with Crippen LogP contribution < -0.4 is 14.8 Å². The molecule has 6 heteroatoms. The fraction of sp³-hybridized carbons (Fsp3) is 0.222. The van der Waals surface area contributed by atoms with Crippen molar-refractivity contribution in [2.24, 2.45) is 0 Å². The summed E-state index contributed by atoms with van der Waals surface area (Å²) in [6.45, 7) is 5.40. The van der Waals surface area contributed by atoms with Gasteiger partial charge in [-0.25, -0.2) is 0 Å². The normalized spacial score (nSPS) is 9.96. The number of nitrogens with one attached hydrogen (secondary N) is 1. The van der Waals surface area contributed by atoms with Crippen molar-refractivity contribution in [1.29, 1.82) is 0 Å². The Labute approximate surface area is 159 Å². The van der Waals surface area contributed by atoms with E-state index in [1.54, 1.807) is 13.2 Å². The van der Waals surface area contributed by atoms with E-state index in [-0.39, 0.29) is 12.4 Å². The molecule has 2 aromatic rings. The summed E-state index contributed by atoms with van der Waals surface area (Å²) in [6.07, 6.45) is 1.81. The summed E-state index contributed by atoms with van der Waals surface area (Å²) >= 11 is 12.5. The van der Waals surface area contributed by atoms with Crippen LogP contribution >= 0.6 is 35.6 Å². The molecular formula is C18H20Cl3NO2. The van der Waals surface area contributed by atoms with E-state index in [1.807, 2.05) is 36.4 Å². The molecule has 0 aliphatic carbocycles. The van der Waals surface area contributed by atoms with Crippen molar-refractivity contribution >= 4 is 35.6 Å². The van der Waals surface area contributed by atoms with E-state index in [4.69, 9.17) is 32.7 Å². The zero-order valence-electron chi connectivity index (χ0n) is 13.4. The molecule has 0 radical (unpaired) electrons. The van der Waals surface area contributed by atoms with Crippen LogP contribution in [0.4, 0.5) is 0 Å². The number of benzene rings is 2. The first-order chi connectivity index (χ1) is 11.2. The molecule has 1 N–H and O–H groups in total. The lowest BCUT2D eigenvalue weighted by Crippen LogP contribution is -2.12. The summed E-state index contributed by atoms with van der Waals surface area (Å²) in [5.74, 6) is 1.11. The van der Waals surface area contributed by atoms with Crippen LogP contribution in [0, 0.1) is 0 Å². The predicted molar refractivity (Wildman–Crippen MR) is 103 cm³/mol. The molecule has 2 rings (SSSR count). The molecule has 0 heterocycles. The van der Waals surface area contributed by atoms with Gasteiger partial charge in [-0.1, -0.05) is 47.5 Å². The highest BCUT2D eigenvalue weighted by atomic mass is 35.5. The van der Waals surface area contributed by atoms with Gasteiger partial charge >= 0.3 is 0 Å². The molecule has 0 aromatic heterocycles. The third-order valence-electron chi connectivity index (χ3n) is 3.24. The Hall–Kier alpha value is -1.39. The molecule has 0 bridgehead atoms. The van der Waals surface area contributed by atoms with Gasteiger partial charge < -0.3 is 14.8 Å². The van der Waals surface area contributed by atoms with Crippen LogP contribution in [0.25, 0.3) is 0 Å². The fourth-order valence-corrected chi connectivity index (χ4v) is 2.58. The predicted octanol–water partition coefficient (Wildman–Crippen LogP) is 5.28. The van der Waals surface area contributed by atoms with Gasteiger partial charge in [0.25, 0.3) is 0 Å². The van der Waals surface area contributed by atoms with Crippen LogP contribution in [0.15, 0.2) is 49.1 Å². The molecule has 0 amide bonds. The molecule has 0 fully saturated rings. The summed E-state index contributed by atoms with van der Waals surface area (Å²) in [7, 11) is 1.59. The van der Waals surface area contributed by atoms with E-state index in [0.717, 1.165) is 17.7 Å². The lowest BCUT2D eigenvalue weighted by molar-refractivity contribution is 0.284. The first-order valence-electron chi connectivity index (χ1n) is 7.20. The largest absolute Gasteiger partial charge is 0.493 e. The Kier molecular flexibility index (Phi) is 9.01. The van der Waals surface area contributed by atoms with Crippen molar-refractivity contribution in [1.82, 2.24) is 5.32 Å². The standard InChI is InChI=1S/C18H19Cl2NO2.ClH/c1-3-8-21-11-13-9-16(20)18(17(10-13)22-2)23-12-14-6-4-5-7-15(14)19;/h3-7,9-10,21H,1,8,11-12H2,2H3;1H. The molecule has 0 saturated carbocycles. The Bertz CT molecular complexity index is 677. The zero-order valence-corrected chi connectivity index (χ0v) is 15.7. The van der Waals surface area contributed by atoms with Crippen molar-refractivity contribution in [3.63, 3.8) is 0 Å². The number of hydrogen-bond donors (Lipinski definition) is 1. The van der Waals surface area contributed by atoms with Gasteiger partial charge in [0.1, 0.15) is 6.61 Å². The van der Waals surface area contributed by atoms with E-state index >= 15 is 0 Å². The monoisotopic (exact) mass is 387 g/mol. The van der Waals surface area contributed by atoms with Crippen LogP contribution in [-0.4, -0.2) is 13.7 Å². The third kappa shape index (κ3) is 5.60. The van der Waals surface area contributed by atoms with Crippen molar-refractivity contribution in [3.8, 4) is 11.5 Å². The molecule has 0 unspecified atom stereocenters. The molecule has 2 aromatic carbocycles. The van der Waals surface area contributed by atoms with Crippen molar-refractivity contribution < 1.29 is 9.47 Å². The second-order valence-corrected chi connectivity index (χ2v) is 5.72. The number of halogens is 3. The van der Waals surface area contributed by atoms with Crippen LogP contribution in [0.3, 0.4) is 0 Å². The van der Waals surface area contributed by atoms with Crippen LogP contribution in [0.1, 0.15) is 11.1 Å². The zero-order chi connectivity index (χ0) is 16.7. The van der Waals surface area contributed by atoms with E-state index in [2.05, 4.69) is 11.9 Å². The minimum Gasteiger partial charge on any atom is -0.493 e. The lowest BCUT2D eigenvalue weighted by Gasteiger charge is -2.15. The van der Waals surface area contributed by atoms with E-state index < -0.39 is 0 Å². The van der Waals surface area contributed by atoms with Gasteiger partial charge in [0.15, 0.2) is 11.5 Å². The van der Waals surface area contributed by atoms with Gasteiger partial charge in [-0.2, -0.15) is 0 Å². The molecule has 130 valence electrons. The number of rotatable bonds is 8. The van der Waals surface area contributed by atoms with Gasteiger partial charge in [0.2, 0.25) is 0 Å². The SMILES string of the molecule is C=CCNCc1cc(Cl)c(OCc2ccccc2Cl)c(OC)c1.Cl. The van der Waals surface area contributed by atoms with Gasteiger partial charge in [-0.15, -0.1) is 19.0 Å². The molecule has 24 heavy (non-hydrogen) atoms. The molecule has 0 aliphatic rings. The van der Waals surface area contributed by atoms with Crippen molar-refractivity contribution in [2.75, 3.05) is 13.7 Å². The first-order valence-corrected chi connectivity index (χ1v) is 7.95. The topological polar surface area (TPSA) is 30.5 Å². The Morgan fingerprint density at radius 3 is 2.58 bits per heavy atom. The highest BCUT2D eigenvalue weighted by molar-refractivity contribution is 6.32. The number of ether oxygens (including phenoxy) is 2. The van der Waals surface area contributed by atoms with E-state index in [1.165, 1.54) is 0 Å². The number of methoxy groups -OCH3 is 1. The number of hydrogen-bond acceptors (Lipinski definition) is 3.